The average molecular weight is 354 g/mol. The number of nitrogens with one attached hydrogen (secondary N) is 1. The number of carboxylic acid groups (broad SMARTS) is 1. The Kier molecular flexibility index (Phi) is 5.89. The molecule has 1 rings (SSSR count). The average Bonchev–Trinajstić information content (AvgIpc) is 2.27. The summed E-state index contributed by atoms with van der Waals surface area (Å²) in [4.78, 5) is 9.84. The van der Waals surface area contributed by atoms with Crippen molar-refractivity contribution < 1.29 is 22.7 Å². The lowest BCUT2D eigenvalue weighted by molar-refractivity contribution is -0.137. The number of carbonyl (C=O) groups is 1. The highest BCUT2D eigenvalue weighted by Gasteiger charge is 2.18. The van der Waals surface area contributed by atoms with Crippen molar-refractivity contribution >= 4 is 31.9 Å². The van der Waals surface area contributed by atoms with E-state index in [0.29, 0.717) is 17.3 Å². The summed E-state index contributed by atoms with van der Waals surface area (Å²) in [6.45, 7) is 0.0745. The van der Waals surface area contributed by atoms with Gasteiger partial charge in [0.25, 0.3) is 0 Å². The highest BCUT2D eigenvalue weighted by Crippen LogP contribution is 2.19. The fourth-order valence-corrected chi connectivity index (χ4v) is 2.84. The third-order valence-electron chi connectivity index (χ3n) is 2.29. The number of carboxylic acids is 1. The van der Waals surface area contributed by atoms with Crippen LogP contribution in [0, 0.1) is 5.82 Å². The van der Waals surface area contributed by atoms with Gasteiger partial charge in [0.1, 0.15) is 10.7 Å². The van der Waals surface area contributed by atoms with Gasteiger partial charge in [-0.05, 0) is 31.0 Å². The highest BCUT2D eigenvalue weighted by atomic mass is 79.9. The normalized spacial score (nSPS) is 11.5. The van der Waals surface area contributed by atoms with Gasteiger partial charge in [0.15, 0.2) is 0 Å². The number of hydrogen-bond acceptors (Lipinski definition) is 3. The van der Waals surface area contributed by atoms with E-state index in [2.05, 4.69) is 20.7 Å². The van der Waals surface area contributed by atoms with Crippen molar-refractivity contribution in [2.24, 2.45) is 0 Å². The molecule has 1 aromatic rings. The number of aliphatic carboxylic acids is 1. The van der Waals surface area contributed by atoms with Crippen LogP contribution in [0.5, 0.6) is 0 Å². The van der Waals surface area contributed by atoms with Crippen molar-refractivity contribution in [3.05, 3.63) is 28.5 Å². The quantitative estimate of drug-likeness (QED) is 0.735. The molecule has 8 heteroatoms. The summed E-state index contributed by atoms with van der Waals surface area (Å²) in [6, 6.07) is 3.67. The van der Waals surface area contributed by atoms with E-state index in [9.17, 15) is 17.6 Å². The minimum atomic E-state index is -3.90. The predicted molar refractivity (Wildman–Crippen MR) is 70.8 cm³/mol. The summed E-state index contributed by atoms with van der Waals surface area (Å²) in [7, 11) is -3.90. The van der Waals surface area contributed by atoms with Crippen molar-refractivity contribution in [3.8, 4) is 0 Å². The van der Waals surface area contributed by atoms with Crippen molar-refractivity contribution in [2.75, 3.05) is 6.54 Å². The van der Waals surface area contributed by atoms with Crippen LogP contribution in [0.25, 0.3) is 0 Å². The Labute approximate surface area is 119 Å². The number of unbranched alkanes of at least 4 members (excludes halogenated alkanes) is 1. The van der Waals surface area contributed by atoms with Gasteiger partial charge in [-0.1, -0.05) is 15.9 Å². The van der Waals surface area contributed by atoms with Crippen LogP contribution in [0.1, 0.15) is 19.3 Å². The number of benzene rings is 1. The summed E-state index contributed by atoms with van der Waals surface area (Å²) in [5.41, 5.74) is 0. The standard InChI is InChI=1S/C11H13BrFNO4S/c12-8-4-5-10(9(13)7-8)19(17,18)14-6-2-1-3-11(15)16/h4-5,7,14H,1-3,6H2,(H,15,16). The van der Waals surface area contributed by atoms with E-state index < -0.39 is 26.7 Å². The van der Waals surface area contributed by atoms with Crippen LogP contribution in [0.3, 0.4) is 0 Å². The molecule has 0 saturated carbocycles. The second kappa shape index (κ2) is 6.97. The zero-order chi connectivity index (χ0) is 14.5. The van der Waals surface area contributed by atoms with Crippen LogP contribution in [-0.4, -0.2) is 26.0 Å². The summed E-state index contributed by atoms with van der Waals surface area (Å²) < 4.78 is 39.7. The van der Waals surface area contributed by atoms with E-state index in [1.807, 2.05) is 0 Å². The van der Waals surface area contributed by atoms with Crippen LogP contribution in [0.2, 0.25) is 0 Å². The van der Waals surface area contributed by atoms with Gasteiger partial charge in [-0.3, -0.25) is 4.79 Å². The molecule has 0 amide bonds. The van der Waals surface area contributed by atoms with Crippen molar-refractivity contribution in [1.29, 1.82) is 0 Å². The van der Waals surface area contributed by atoms with E-state index in [1.165, 1.54) is 12.1 Å². The molecule has 0 fully saturated rings. The minimum absolute atomic E-state index is 0.0195. The maximum atomic E-state index is 13.5. The predicted octanol–water partition coefficient (Wildman–Crippen LogP) is 2.12. The Bertz CT molecular complexity index is 562. The van der Waals surface area contributed by atoms with Crippen LogP contribution < -0.4 is 4.72 Å². The Morgan fingerprint density at radius 1 is 1.37 bits per heavy atom. The second-order valence-electron chi connectivity index (χ2n) is 3.82. The Morgan fingerprint density at radius 2 is 2.05 bits per heavy atom. The van der Waals surface area contributed by atoms with Crippen LogP contribution in [0.15, 0.2) is 27.6 Å². The van der Waals surface area contributed by atoms with Gasteiger partial charge >= 0.3 is 5.97 Å². The lowest BCUT2D eigenvalue weighted by Gasteiger charge is -2.07. The smallest absolute Gasteiger partial charge is 0.303 e. The molecule has 19 heavy (non-hydrogen) atoms. The second-order valence-corrected chi connectivity index (χ2v) is 6.47. The maximum Gasteiger partial charge on any atom is 0.303 e. The van der Waals surface area contributed by atoms with Gasteiger partial charge < -0.3 is 5.11 Å². The van der Waals surface area contributed by atoms with E-state index in [1.54, 1.807) is 0 Å². The fourth-order valence-electron chi connectivity index (χ4n) is 1.38. The first-order valence-electron chi connectivity index (χ1n) is 5.49. The molecule has 0 saturated heterocycles. The van der Waals surface area contributed by atoms with Crippen molar-refractivity contribution in [2.45, 2.75) is 24.2 Å². The zero-order valence-electron chi connectivity index (χ0n) is 9.90. The van der Waals surface area contributed by atoms with Gasteiger partial charge in [0.2, 0.25) is 10.0 Å². The summed E-state index contributed by atoms with van der Waals surface area (Å²) in [6.07, 6.45) is 0.721. The number of halogens is 2. The lowest BCUT2D eigenvalue weighted by atomic mass is 10.2. The van der Waals surface area contributed by atoms with E-state index >= 15 is 0 Å². The van der Waals surface area contributed by atoms with Crippen LogP contribution in [0.4, 0.5) is 4.39 Å². The highest BCUT2D eigenvalue weighted by molar-refractivity contribution is 9.10. The Morgan fingerprint density at radius 3 is 2.63 bits per heavy atom. The zero-order valence-corrected chi connectivity index (χ0v) is 12.3. The largest absolute Gasteiger partial charge is 0.481 e. The lowest BCUT2D eigenvalue weighted by Crippen LogP contribution is -2.25. The molecular formula is C11H13BrFNO4S. The monoisotopic (exact) mass is 353 g/mol. The summed E-state index contributed by atoms with van der Waals surface area (Å²) >= 11 is 3.04. The number of hydrogen-bond donors (Lipinski definition) is 2. The summed E-state index contributed by atoms with van der Waals surface area (Å²) in [5.74, 6) is -1.77. The third-order valence-corrected chi connectivity index (χ3v) is 4.28. The first-order valence-corrected chi connectivity index (χ1v) is 7.77. The molecule has 0 aliphatic rings. The SMILES string of the molecule is O=C(O)CCCCNS(=O)(=O)c1ccc(Br)cc1F. The van der Waals surface area contributed by atoms with Crippen molar-refractivity contribution in [1.82, 2.24) is 4.72 Å². The van der Waals surface area contributed by atoms with E-state index in [4.69, 9.17) is 5.11 Å². The molecule has 0 aliphatic carbocycles. The van der Waals surface area contributed by atoms with Gasteiger partial charge in [0, 0.05) is 17.4 Å². The number of rotatable bonds is 7. The molecule has 2 N–H and O–H groups in total. The Balaban J connectivity index is 2.59. The molecule has 0 radical (unpaired) electrons. The molecule has 0 unspecified atom stereocenters. The third kappa shape index (κ3) is 5.25. The van der Waals surface area contributed by atoms with Gasteiger partial charge in [-0.2, -0.15) is 0 Å². The molecule has 0 atom stereocenters. The summed E-state index contributed by atoms with van der Waals surface area (Å²) in [5, 5.41) is 8.42. The molecular weight excluding hydrogens is 341 g/mol. The molecule has 106 valence electrons. The minimum Gasteiger partial charge on any atom is -0.481 e. The maximum absolute atomic E-state index is 13.5. The number of sulfonamides is 1. The van der Waals surface area contributed by atoms with E-state index in [-0.39, 0.29) is 13.0 Å². The fraction of sp³-hybridized carbons (Fsp3) is 0.364. The van der Waals surface area contributed by atoms with E-state index in [0.717, 1.165) is 6.07 Å². The molecule has 0 spiro atoms. The first-order chi connectivity index (χ1) is 8.83. The first kappa shape index (κ1) is 16.1. The molecule has 0 heterocycles. The Hall–Kier alpha value is -0.990. The van der Waals surface area contributed by atoms with Crippen LogP contribution in [-0.2, 0) is 14.8 Å². The molecule has 5 nitrogen and oxygen atoms in total. The molecule has 0 bridgehead atoms. The van der Waals surface area contributed by atoms with Crippen LogP contribution >= 0.6 is 15.9 Å². The van der Waals surface area contributed by atoms with Gasteiger partial charge in [-0.25, -0.2) is 17.5 Å². The molecule has 1 aromatic carbocycles. The molecule has 0 aromatic heterocycles. The van der Waals surface area contributed by atoms with Gasteiger partial charge in [-0.15, -0.1) is 0 Å². The topological polar surface area (TPSA) is 83.5 Å². The van der Waals surface area contributed by atoms with Gasteiger partial charge in [0.05, 0.1) is 0 Å². The van der Waals surface area contributed by atoms with Crippen molar-refractivity contribution in [3.63, 3.8) is 0 Å². The molecule has 0 aliphatic heterocycles.